The zero-order chi connectivity index (χ0) is 10.4. The number of rotatable bonds is 1. The monoisotopic (exact) mass is 188 g/mol. The predicted octanol–water partition coefficient (Wildman–Crippen LogP) is 1.17. The van der Waals surface area contributed by atoms with Gasteiger partial charge in [0.05, 0.1) is 12.7 Å². The minimum atomic E-state index is -0.475. The topological polar surface area (TPSA) is 18.5 Å². The molecule has 0 N–H and O–H groups in total. The van der Waals surface area contributed by atoms with Crippen LogP contribution in [-0.4, -0.2) is 18.5 Å². The molecule has 2 heteroatoms. The summed E-state index contributed by atoms with van der Waals surface area (Å²) in [6.07, 6.45) is 5.61. The highest BCUT2D eigenvalue weighted by atomic mass is 16.7. The minimum absolute atomic E-state index is 0.0464. The van der Waals surface area contributed by atoms with Gasteiger partial charge in [-0.15, -0.1) is 6.42 Å². The van der Waals surface area contributed by atoms with Crippen LogP contribution in [0.5, 0.6) is 0 Å². The van der Waals surface area contributed by atoms with Crippen LogP contribution in [0.2, 0.25) is 0 Å². The minimum Gasteiger partial charge on any atom is -0.348 e. The molecule has 72 valence electrons. The van der Waals surface area contributed by atoms with E-state index in [1.807, 2.05) is 13.8 Å². The highest BCUT2D eigenvalue weighted by molar-refractivity contribution is 5.33. The van der Waals surface area contributed by atoms with Crippen molar-refractivity contribution < 1.29 is 9.47 Å². The second-order valence-corrected chi connectivity index (χ2v) is 3.35. The van der Waals surface area contributed by atoms with Crippen molar-refractivity contribution >= 4 is 0 Å². The van der Waals surface area contributed by atoms with E-state index in [1.54, 1.807) is 0 Å². The molecule has 0 saturated carbocycles. The summed E-state index contributed by atoms with van der Waals surface area (Å²) in [5.74, 6) is 12.2. The smallest absolute Gasteiger partial charge is 0.163 e. The molecule has 0 radical (unpaired) electrons. The number of hydrogen-bond donors (Lipinski definition) is 0. The van der Waals surface area contributed by atoms with E-state index in [9.17, 15) is 0 Å². The fourth-order valence-electron chi connectivity index (χ4n) is 1.14. The summed E-state index contributed by atoms with van der Waals surface area (Å²) in [6, 6.07) is 0. The molecule has 1 atom stereocenters. The molecule has 0 aromatic heterocycles. The van der Waals surface area contributed by atoms with Crippen LogP contribution in [0.4, 0.5) is 0 Å². The van der Waals surface area contributed by atoms with E-state index < -0.39 is 5.79 Å². The highest BCUT2D eigenvalue weighted by Gasteiger charge is 2.31. The predicted molar refractivity (Wildman–Crippen MR) is 53.9 cm³/mol. The van der Waals surface area contributed by atoms with Crippen LogP contribution in [-0.2, 0) is 9.47 Å². The van der Waals surface area contributed by atoms with Crippen LogP contribution in [0.3, 0.4) is 0 Å². The molecular formula is C12H12O2. The van der Waals surface area contributed by atoms with Crippen LogP contribution >= 0.6 is 0 Å². The number of terminal acetylenes is 1. The van der Waals surface area contributed by atoms with Gasteiger partial charge >= 0.3 is 0 Å². The van der Waals surface area contributed by atoms with Gasteiger partial charge in [0.15, 0.2) is 5.79 Å². The third-order valence-corrected chi connectivity index (χ3v) is 1.68. The zero-order valence-electron chi connectivity index (χ0n) is 8.39. The molecule has 1 saturated heterocycles. The lowest BCUT2D eigenvalue weighted by molar-refractivity contribution is -0.137. The van der Waals surface area contributed by atoms with Crippen LogP contribution in [0.15, 0.2) is 0 Å². The Balaban J connectivity index is 2.33. The lowest BCUT2D eigenvalue weighted by atomic mass is 10.3. The molecule has 1 rings (SSSR count). The summed E-state index contributed by atoms with van der Waals surface area (Å²) in [4.78, 5) is 0. The van der Waals surface area contributed by atoms with Crippen molar-refractivity contribution in [2.24, 2.45) is 0 Å². The first kappa shape index (κ1) is 10.7. The Kier molecular flexibility index (Phi) is 3.61. The van der Waals surface area contributed by atoms with Gasteiger partial charge < -0.3 is 9.47 Å². The van der Waals surface area contributed by atoms with Gasteiger partial charge in [-0.05, 0) is 37.5 Å². The molecule has 14 heavy (non-hydrogen) atoms. The van der Waals surface area contributed by atoms with Crippen LogP contribution < -0.4 is 0 Å². The molecule has 0 spiro atoms. The lowest BCUT2D eigenvalue weighted by Gasteiger charge is -2.15. The molecule has 0 aromatic carbocycles. The Morgan fingerprint density at radius 1 is 1.36 bits per heavy atom. The first-order valence-corrected chi connectivity index (χ1v) is 4.39. The van der Waals surface area contributed by atoms with Crippen molar-refractivity contribution in [3.63, 3.8) is 0 Å². The van der Waals surface area contributed by atoms with Crippen molar-refractivity contribution in [1.29, 1.82) is 0 Å². The Labute approximate surface area is 85.0 Å². The Morgan fingerprint density at radius 2 is 2.14 bits per heavy atom. The van der Waals surface area contributed by atoms with Crippen molar-refractivity contribution in [2.75, 3.05) is 6.61 Å². The molecule has 1 unspecified atom stereocenters. The molecule has 1 aliphatic rings. The van der Waals surface area contributed by atoms with E-state index in [4.69, 9.17) is 15.9 Å². The van der Waals surface area contributed by atoms with Crippen molar-refractivity contribution in [3.05, 3.63) is 0 Å². The number of hydrogen-bond acceptors (Lipinski definition) is 2. The van der Waals surface area contributed by atoms with Gasteiger partial charge in [-0.2, -0.15) is 0 Å². The summed E-state index contributed by atoms with van der Waals surface area (Å²) >= 11 is 0. The third-order valence-electron chi connectivity index (χ3n) is 1.68. The first-order valence-electron chi connectivity index (χ1n) is 4.39. The van der Waals surface area contributed by atoms with E-state index >= 15 is 0 Å². The fraction of sp³-hybridized carbons (Fsp3) is 0.500. The molecule has 1 fully saturated rings. The van der Waals surface area contributed by atoms with E-state index in [0.29, 0.717) is 13.0 Å². The van der Waals surface area contributed by atoms with Gasteiger partial charge in [-0.3, -0.25) is 0 Å². The SMILES string of the molecule is C#CC#CC#CCC1COC(C)(C)O1. The van der Waals surface area contributed by atoms with Gasteiger partial charge in [-0.1, -0.05) is 5.92 Å². The fourth-order valence-corrected chi connectivity index (χ4v) is 1.14. The molecule has 2 nitrogen and oxygen atoms in total. The van der Waals surface area contributed by atoms with Gasteiger partial charge in [-0.25, -0.2) is 0 Å². The summed E-state index contributed by atoms with van der Waals surface area (Å²) in [7, 11) is 0. The van der Waals surface area contributed by atoms with Crippen LogP contribution in [0.25, 0.3) is 0 Å². The standard InChI is InChI=1S/C12H12O2/c1-4-5-6-7-8-9-11-10-13-12(2,3)14-11/h1,11H,9-10H2,2-3H3. The third kappa shape index (κ3) is 3.55. The van der Waals surface area contributed by atoms with E-state index in [-0.39, 0.29) is 6.10 Å². The van der Waals surface area contributed by atoms with E-state index in [2.05, 4.69) is 29.6 Å². The highest BCUT2D eigenvalue weighted by Crippen LogP contribution is 2.23. The largest absolute Gasteiger partial charge is 0.348 e. The van der Waals surface area contributed by atoms with E-state index in [0.717, 1.165) is 0 Å². The molecule has 1 aliphatic heterocycles. The van der Waals surface area contributed by atoms with Gasteiger partial charge in [0.2, 0.25) is 0 Å². The molecule has 1 heterocycles. The second kappa shape index (κ2) is 4.73. The number of ether oxygens (including phenoxy) is 2. The van der Waals surface area contributed by atoms with Crippen LogP contribution in [0.1, 0.15) is 20.3 Å². The van der Waals surface area contributed by atoms with Crippen LogP contribution in [0, 0.1) is 36.0 Å². The maximum atomic E-state index is 5.54. The summed E-state index contributed by atoms with van der Waals surface area (Å²) in [5, 5.41) is 0. The average Bonchev–Trinajstić information content (AvgIpc) is 2.45. The lowest BCUT2D eigenvalue weighted by Crippen LogP contribution is -2.21. The van der Waals surface area contributed by atoms with Gasteiger partial charge in [0.25, 0.3) is 0 Å². The summed E-state index contributed by atoms with van der Waals surface area (Å²) in [6.45, 7) is 4.36. The average molecular weight is 188 g/mol. The quantitative estimate of drug-likeness (QED) is 0.575. The van der Waals surface area contributed by atoms with Crippen molar-refractivity contribution in [1.82, 2.24) is 0 Å². The molecule has 0 aromatic rings. The maximum absolute atomic E-state index is 5.54. The normalized spacial score (nSPS) is 22.5. The molecule has 0 amide bonds. The Bertz CT molecular complexity index is 352. The Hall–Kier alpha value is -1.40. The second-order valence-electron chi connectivity index (χ2n) is 3.35. The Morgan fingerprint density at radius 3 is 2.71 bits per heavy atom. The zero-order valence-corrected chi connectivity index (χ0v) is 8.39. The molecule has 0 bridgehead atoms. The molecule has 0 aliphatic carbocycles. The van der Waals surface area contributed by atoms with Gasteiger partial charge in [0, 0.05) is 6.42 Å². The summed E-state index contributed by atoms with van der Waals surface area (Å²) in [5.41, 5.74) is 0. The molecular weight excluding hydrogens is 176 g/mol. The van der Waals surface area contributed by atoms with Gasteiger partial charge in [0.1, 0.15) is 0 Å². The van der Waals surface area contributed by atoms with E-state index in [1.165, 1.54) is 0 Å². The summed E-state index contributed by atoms with van der Waals surface area (Å²) < 4.78 is 10.9. The van der Waals surface area contributed by atoms with Crippen molar-refractivity contribution in [3.8, 4) is 36.0 Å². The van der Waals surface area contributed by atoms with Crippen molar-refractivity contribution in [2.45, 2.75) is 32.2 Å². The first-order chi connectivity index (χ1) is 6.64. The maximum Gasteiger partial charge on any atom is 0.163 e.